The maximum Gasteiger partial charge on any atom is 0.291 e. The molecule has 1 saturated heterocycles. The standard InChI is InChI=1S/C29H35N5O2/c1-5-32-12-8-9-22(32)15-30-27(35)18-34-29(36)28-24(16-31-34)23-10-6-7-11-26(23)33(28)17-25-20(3)13-19(2)14-21(25)4/h6-7,10-11,13-14,16,22H,5,8-9,12,15,17-18H2,1-4H3,(H,30,35)/t22-/m1/s1. The molecule has 0 bridgehead atoms. The van der Waals surface area contributed by atoms with Gasteiger partial charge in [0, 0.05) is 35.4 Å². The van der Waals surface area contributed by atoms with Crippen molar-refractivity contribution in [3.05, 3.63) is 75.2 Å². The lowest BCUT2D eigenvalue weighted by atomic mass is 10.00. The molecule has 3 heterocycles. The molecule has 36 heavy (non-hydrogen) atoms. The summed E-state index contributed by atoms with van der Waals surface area (Å²) in [5.74, 6) is -0.181. The van der Waals surface area contributed by atoms with E-state index in [9.17, 15) is 9.59 Å². The highest BCUT2D eigenvalue weighted by molar-refractivity contribution is 6.07. The van der Waals surface area contributed by atoms with Gasteiger partial charge in [0.2, 0.25) is 5.91 Å². The smallest absolute Gasteiger partial charge is 0.291 e. The molecule has 2 aromatic heterocycles. The van der Waals surface area contributed by atoms with Gasteiger partial charge in [0.15, 0.2) is 0 Å². The van der Waals surface area contributed by atoms with Gasteiger partial charge in [-0.3, -0.25) is 14.5 Å². The molecule has 7 nitrogen and oxygen atoms in total. The molecule has 2 aromatic carbocycles. The van der Waals surface area contributed by atoms with Crippen molar-refractivity contribution < 1.29 is 4.79 Å². The fourth-order valence-electron chi connectivity index (χ4n) is 5.85. The molecule has 1 aliphatic heterocycles. The van der Waals surface area contributed by atoms with E-state index < -0.39 is 0 Å². The predicted molar refractivity (Wildman–Crippen MR) is 145 cm³/mol. The van der Waals surface area contributed by atoms with Crippen LogP contribution in [0.3, 0.4) is 0 Å². The highest BCUT2D eigenvalue weighted by Crippen LogP contribution is 2.28. The van der Waals surface area contributed by atoms with Crippen molar-refractivity contribution in [3.8, 4) is 0 Å². The van der Waals surface area contributed by atoms with Crippen LogP contribution in [0.2, 0.25) is 0 Å². The van der Waals surface area contributed by atoms with Gasteiger partial charge >= 0.3 is 0 Å². The van der Waals surface area contributed by atoms with E-state index in [1.165, 1.54) is 26.9 Å². The summed E-state index contributed by atoms with van der Waals surface area (Å²) < 4.78 is 3.39. The Morgan fingerprint density at radius 2 is 1.86 bits per heavy atom. The van der Waals surface area contributed by atoms with Crippen molar-refractivity contribution in [2.45, 2.75) is 59.7 Å². The molecule has 0 saturated carbocycles. The Morgan fingerprint density at radius 1 is 1.11 bits per heavy atom. The molecular weight excluding hydrogens is 450 g/mol. The molecule has 1 atom stereocenters. The van der Waals surface area contributed by atoms with E-state index in [0.717, 1.165) is 42.2 Å². The van der Waals surface area contributed by atoms with Gasteiger partial charge in [-0.25, -0.2) is 4.68 Å². The summed E-state index contributed by atoms with van der Waals surface area (Å²) in [6.45, 7) is 11.7. The maximum atomic E-state index is 13.7. The zero-order chi connectivity index (χ0) is 25.4. The Kier molecular flexibility index (Phi) is 6.67. The molecule has 1 amide bonds. The van der Waals surface area contributed by atoms with Gasteiger partial charge in [0.25, 0.3) is 5.56 Å². The SMILES string of the molecule is CCN1CCC[C@@H]1CNC(=O)Cn1ncc2c3ccccc3n(Cc3c(C)cc(C)cc3C)c2c1=O. The largest absolute Gasteiger partial charge is 0.353 e. The molecule has 1 aliphatic rings. The lowest BCUT2D eigenvalue weighted by molar-refractivity contribution is -0.122. The third kappa shape index (κ3) is 4.44. The number of aryl methyl sites for hydroxylation is 3. The first kappa shape index (κ1) is 24.3. The first-order valence-corrected chi connectivity index (χ1v) is 12.9. The Hall–Kier alpha value is -3.45. The van der Waals surface area contributed by atoms with Crippen LogP contribution in [0.15, 0.2) is 47.4 Å². The second-order valence-electron chi connectivity index (χ2n) is 10.1. The number of aromatic nitrogens is 3. The molecule has 0 spiro atoms. The number of benzene rings is 2. The lowest BCUT2D eigenvalue weighted by Gasteiger charge is -2.22. The van der Waals surface area contributed by atoms with E-state index in [0.29, 0.717) is 24.6 Å². The molecule has 0 aliphatic carbocycles. The summed E-state index contributed by atoms with van der Waals surface area (Å²) in [5, 5.41) is 9.24. The van der Waals surface area contributed by atoms with Crippen LogP contribution >= 0.6 is 0 Å². The fraction of sp³-hybridized carbons (Fsp3) is 0.414. The Bertz CT molecular complexity index is 1480. The Morgan fingerprint density at radius 3 is 2.61 bits per heavy atom. The van der Waals surface area contributed by atoms with Gasteiger partial charge in [0.05, 0.1) is 6.20 Å². The van der Waals surface area contributed by atoms with Crippen LogP contribution in [0.1, 0.15) is 42.0 Å². The van der Waals surface area contributed by atoms with E-state index in [1.54, 1.807) is 6.20 Å². The van der Waals surface area contributed by atoms with Crippen LogP contribution in [0.4, 0.5) is 0 Å². The van der Waals surface area contributed by atoms with Gasteiger partial charge in [0.1, 0.15) is 12.1 Å². The average Bonchev–Trinajstić information content (AvgIpc) is 3.44. The molecule has 4 aromatic rings. The Balaban J connectivity index is 1.50. The maximum absolute atomic E-state index is 13.7. The Labute approximate surface area is 211 Å². The third-order valence-corrected chi connectivity index (χ3v) is 7.66. The van der Waals surface area contributed by atoms with Gasteiger partial charge in [-0.05, 0) is 69.5 Å². The summed E-state index contributed by atoms with van der Waals surface area (Å²) in [6, 6.07) is 12.8. The molecule has 0 radical (unpaired) electrons. The van der Waals surface area contributed by atoms with Crippen molar-refractivity contribution in [1.29, 1.82) is 0 Å². The monoisotopic (exact) mass is 485 g/mol. The van der Waals surface area contributed by atoms with Crippen molar-refractivity contribution in [3.63, 3.8) is 0 Å². The van der Waals surface area contributed by atoms with E-state index >= 15 is 0 Å². The van der Waals surface area contributed by atoms with Gasteiger partial charge in [-0.15, -0.1) is 0 Å². The highest BCUT2D eigenvalue weighted by Gasteiger charge is 2.23. The number of rotatable bonds is 7. The molecule has 7 heteroatoms. The number of likely N-dealkylation sites (tertiary alicyclic amines) is 1. The van der Waals surface area contributed by atoms with Crippen molar-refractivity contribution >= 4 is 27.7 Å². The first-order chi connectivity index (χ1) is 17.4. The highest BCUT2D eigenvalue weighted by atomic mass is 16.2. The number of hydrogen-bond donors (Lipinski definition) is 1. The fourth-order valence-corrected chi connectivity index (χ4v) is 5.85. The molecule has 5 rings (SSSR count). The van der Waals surface area contributed by atoms with Crippen LogP contribution < -0.4 is 10.9 Å². The van der Waals surface area contributed by atoms with Crippen molar-refractivity contribution in [1.82, 2.24) is 24.6 Å². The summed E-state index contributed by atoms with van der Waals surface area (Å²) >= 11 is 0. The van der Waals surface area contributed by atoms with Crippen LogP contribution in [-0.2, 0) is 17.9 Å². The first-order valence-electron chi connectivity index (χ1n) is 12.9. The zero-order valence-corrected chi connectivity index (χ0v) is 21.7. The van der Waals surface area contributed by atoms with E-state index in [4.69, 9.17) is 0 Å². The number of fused-ring (bicyclic) bond motifs is 3. The molecule has 1 fully saturated rings. The minimum absolute atomic E-state index is 0.0856. The average molecular weight is 486 g/mol. The van der Waals surface area contributed by atoms with Crippen molar-refractivity contribution in [2.75, 3.05) is 19.6 Å². The quantitative estimate of drug-likeness (QED) is 0.431. The number of nitrogens with one attached hydrogen (secondary N) is 1. The number of amides is 1. The van der Waals surface area contributed by atoms with Crippen molar-refractivity contribution in [2.24, 2.45) is 0 Å². The van der Waals surface area contributed by atoms with E-state index in [-0.39, 0.29) is 18.0 Å². The topological polar surface area (TPSA) is 72.2 Å². The van der Waals surface area contributed by atoms with E-state index in [2.05, 4.69) is 59.7 Å². The second-order valence-corrected chi connectivity index (χ2v) is 10.1. The number of hydrogen-bond acceptors (Lipinski definition) is 4. The molecule has 188 valence electrons. The van der Waals surface area contributed by atoms with E-state index in [1.807, 2.05) is 24.3 Å². The summed E-state index contributed by atoms with van der Waals surface area (Å²) in [7, 11) is 0. The van der Waals surface area contributed by atoms with Gasteiger partial charge < -0.3 is 9.88 Å². The number of nitrogens with zero attached hydrogens (tertiary/aromatic N) is 4. The number of likely N-dealkylation sites (N-methyl/N-ethyl adjacent to an activating group) is 1. The van der Waals surface area contributed by atoms with Gasteiger partial charge in [-0.1, -0.05) is 42.8 Å². The second kappa shape index (κ2) is 9.90. The summed E-state index contributed by atoms with van der Waals surface area (Å²) in [6.07, 6.45) is 3.99. The summed E-state index contributed by atoms with van der Waals surface area (Å²) in [4.78, 5) is 28.9. The van der Waals surface area contributed by atoms with Crippen LogP contribution in [0.25, 0.3) is 21.8 Å². The molecule has 1 N–H and O–H groups in total. The number of para-hydroxylation sites is 1. The van der Waals surface area contributed by atoms with Crippen LogP contribution in [-0.4, -0.2) is 50.8 Å². The summed E-state index contributed by atoms with van der Waals surface area (Å²) in [5.41, 5.74) is 6.20. The third-order valence-electron chi connectivity index (χ3n) is 7.66. The molecule has 0 unspecified atom stereocenters. The lowest BCUT2D eigenvalue weighted by Crippen LogP contribution is -2.42. The number of carbonyl (C=O) groups excluding carboxylic acids is 1. The van der Waals surface area contributed by atoms with Crippen LogP contribution in [0, 0.1) is 20.8 Å². The zero-order valence-electron chi connectivity index (χ0n) is 21.7. The van der Waals surface area contributed by atoms with Crippen LogP contribution in [0.5, 0.6) is 0 Å². The van der Waals surface area contributed by atoms with Gasteiger partial charge in [-0.2, -0.15) is 5.10 Å². The normalized spacial score (nSPS) is 16.3. The minimum Gasteiger partial charge on any atom is -0.353 e. The minimum atomic E-state index is -0.239. The number of carbonyl (C=O) groups is 1. The predicted octanol–water partition coefficient (Wildman–Crippen LogP) is 3.93. The molecular formula is C29H35N5O2.